The second-order valence-corrected chi connectivity index (χ2v) is 8.20. The van der Waals surface area contributed by atoms with Crippen molar-refractivity contribution < 1.29 is 14.3 Å². The number of carbonyl (C=O) groups excluding carboxylic acids is 1. The fraction of sp³-hybridized carbons (Fsp3) is 0.476. The molecule has 0 radical (unpaired) electrons. The maximum absolute atomic E-state index is 12.9. The number of fused-ring (bicyclic) bond motifs is 2. The van der Waals surface area contributed by atoms with Crippen LogP contribution in [0.1, 0.15) is 45.1 Å². The highest BCUT2D eigenvalue weighted by atomic mass is 16.5. The van der Waals surface area contributed by atoms with Gasteiger partial charge in [-0.2, -0.15) is 0 Å². The average molecular weight is 324 g/mol. The number of hydrogen-bond acceptors (Lipinski definition) is 3. The number of hydrogen-bond donors (Lipinski definition) is 0. The third kappa shape index (κ3) is 2.21. The van der Waals surface area contributed by atoms with E-state index in [0.717, 1.165) is 23.5 Å². The lowest BCUT2D eigenvalue weighted by Crippen LogP contribution is -2.32. The van der Waals surface area contributed by atoms with Gasteiger partial charge in [-0.25, -0.2) is 0 Å². The minimum Gasteiger partial charge on any atom is -0.497 e. The summed E-state index contributed by atoms with van der Waals surface area (Å²) in [6.45, 7) is 6.40. The molecule has 3 atom stereocenters. The highest BCUT2D eigenvalue weighted by Gasteiger charge is 2.55. The molecule has 0 N–H and O–H groups in total. The van der Waals surface area contributed by atoms with Crippen LogP contribution in [0.15, 0.2) is 47.7 Å². The first-order valence-electron chi connectivity index (χ1n) is 8.62. The Morgan fingerprint density at radius 3 is 2.50 bits per heavy atom. The molecule has 1 aliphatic heterocycles. The van der Waals surface area contributed by atoms with Crippen molar-refractivity contribution in [3.63, 3.8) is 0 Å². The summed E-state index contributed by atoms with van der Waals surface area (Å²) in [7, 11) is 1.67. The van der Waals surface area contributed by atoms with Gasteiger partial charge in [-0.05, 0) is 36.1 Å². The number of rotatable bonds is 2. The Labute approximate surface area is 143 Å². The van der Waals surface area contributed by atoms with Crippen LogP contribution < -0.4 is 4.74 Å². The van der Waals surface area contributed by atoms with Gasteiger partial charge in [0.25, 0.3) is 0 Å². The Morgan fingerprint density at radius 2 is 1.83 bits per heavy atom. The maximum Gasteiger partial charge on any atom is 0.163 e. The molecule has 3 aliphatic rings. The van der Waals surface area contributed by atoms with Crippen LogP contribution in [0, 0.1) is 11.3 Å². The highest BCUT2D eigenvalue weighted by Crippen LogP contribution is 2.57. The second kappa shape index (κ2) is 4.98. The Hall–Kier alpha value is -2.03. The van der Waals surface area contributed by atoms with Gasteiger partial charge in [0.1, 0.15) is 17.1 Å². The van der Waals surface area contributed by atoms with Crippen molar-refractivity contribution >= 4 is 5.78 Å². The Balaban J connectivity index is 1.73. The minimum absolute atomic E-state index is 0.00968. The fourth-order valence-electron chi connectivity index (χ4n) is 4.54. The lowest BCUT2D eigenvalue weighted by molar-refractivity contribution is -0.118. The predicted octanol–water partition coefficient (Wildman–Crippen LogP) is 4.40. The largest absolute Gasteiger partial charge is 0.497 e. The number of Topliss-reactive ketones (excluding diaryl/α,β-unsaturated/α-hetero) is 1. The zero-order chi connectivity index (χ0) is 17.1. The molecule has 2 aliphatic carbocycles. The molecule has 24 heavy (non-hydrogen) atoms. The van der Waals surface area contributed by atoms with Gasteiger partial charge in [-0.1, -0.05) is 32.1 Å². The molecule has 1 aromatic rings. The molecule has 0 aromatic heterocycles. The first-order chi connectivity index (χ1) is 11.3. The molecule has 0 amide bonds. The van der Waals surface area contributed by atoms with Crippen molar-refractivity contribution in [3.8, 4) is 5.75 Å². The van der Waals surface area contributed by atoms with Crippen LogP contribution in [0.5, 0.6) is 5.75 Å². The standard InChI is InChI=1S/C21H24O3/c1-20(2)11-16(22)18-17(12-20)24-21(3)10-9-15(19(18)21)13-5-7-14(23-4)8-6-13/h5-10,15,19H,11-12H2,1-4H3/t15-,19+,21+/m0/s1. The molecule has 3 heteroatoms. The molecule has 0 unspecified atom stereocenters. The van der Waals surface area contributed by atoms with E-state index in [0.29, 0.717) is 6.42 Å². The third-order valence-corrected chi connectivity index (χ3v) is 5.64. The lowest BCUT2D eigenvalue weighted by Gasteiger charge is -2.30. The molecule has 0 bridgehead atoms. The number of benzene rings is 1. The molecule has 0 saturated carbocycles. The van der Waals surface area contributed by atoms with E-state index in [2.05, 4.69) is 45.1 Å². The number of carbonyl (C=O) groups is 1. The Kier molecular flexibility index (Phi) is 3.22. The lowest BCUT2D eigenvalue weighted by atomic mass is 9.70. The molecule has 0 saturated heterocycles. The molecule has 0 spiro atoms. The van der Waals surface area contributed by atoms with Crippen LogP contribution in [0.3, 0.4) is 0 Å². The molecule has 1 aromatic carbocycles. The molecule has 3 nitrogen and oxygen atoms in total. The van der Waals surface area contributed by atoms with Crippen molar-refractivity contribution in [1.82, 2.24) is 0 Å². The molecule has 1 heterocycles. The predicted molar refractivity (Wildman–Crippen MR) is 92.9 cm³/mol. The van der Waals surface area contributed by atoms with Crippen LogP contribution >= 0.6 is 0 Å². The van der Waals surface area contributed by atoms with Crippen molar-refractivity contribution in [2.75, 3.05) is 7.11 Å². The topological polar surface area (TPSA) is 35.5 Å². The van der Waals surface area contributed by atoms with E-state index in [1.807, 2.05) is 12.1 Å². The van der Waals surface area contributed by atoms with Crippen LogP contribution in [-0.2, 0) is 9.53 Å². The summed E-state index contributed by atoms with van der Waals surface area (Å²) in [6.07, 6.45) is 5.80. The summed E-state index contributed by atoms with van der Waals surface area (Å²) in [5.41, 5.74) is 1.73. The summed E-state index contributed by atoms with van der Waals surface area (Å²) in [5, 5.41) is 0. The monoisotopic (exact) mass is 324 g/mol. The van der Waals surface area contributed by atoms with Crippen molar-refractivity contribution in [1.29, 1.82) is 0 Å². The van der Waals surface area contributed by atoms with Gasteiger partial charge in [0.2, 0.25) is 0 Å². The Morgan fingerprint density at radius 1 is 1.12 bits per heavy atom. The molecule has 4 rings (SSSR count). The van der Waals surface area contributed by atoms with Crippen LogP contribution in [0.4, 0.5) is 0 Å². The molecule has 126 valence electrons. The van der Waals surface area contributed by atoms with Gasteiger partial charge in [-0.15, -0.1) is 0 Å². The third-order valence-electron chi connectivity index (χ3n) is 5.64. The average Bonchev–Trinajstić information content (AvgIpc) is 2.97. The van der Waals surface area contributed by atoms with Gasteiger partial charge in [0.15, 0.2) is 5.78 Å². The molecular weight excluding hydrogens is 300 g/mol. The zero-order valence-electron chi connectivity index (χ0n) is 14.8. The first kappa shape index (κ1) is 15.5. The van der Waals surface area contributed by atoms with Gasteiger partial charge < -0.3 is 9.47 Å². The summed E-state index contributed by atoms with van der Waals surface area (Å²) >= 11 is 0. The van der Waals surface area contributed by atoms with E-state index in [4.69, 9.17) is 9.47 Å². The summed E-state index contributed by atoms with van der Waals surface area (Å²) < 4.78 is 11.6. The van der Waals surface area contributed by atoms with Gasteiger partial charge in [-0.3, -0.25) is 4.79 Å². The van der Waals surface area contributed by atoms with E-state index in [1.165, 1.54) is 5.56 Å². The quantitative estimate of drug-likeness (QED) is 0.757. The second-order valence-electron chi connectivity index (χ2n) is 8.20. The van der Waals surface area contributed by atoms with Crippen LogP contribution in [-0.4, -0.2) is 18.5 Å². The number of methoxy groups -OCH3 is 1. The fourth-order valence-corrected chi connectivity index (χ4v) is 4.54. The van der Waals surface area contributed by atoms with E-state index >= 15 is 0 Å². The van der Waals surface area contributed by atoms with E-state index < -0.39 is 5.60 Å². The van der Waals surface area contributed by atoms with Crippen LogP contribution in [0.2, 0.25) is 0 Å². The molecular formula is C21H24O3. The van der Waals surface area contributed by atoms with Crippen LogP contribution in [0.25, 0.3) is 0 Å². The first-order valence-corrected chi connectivity index (χ1v) is 8.62. The molecule has 0 fully saturated rings. The van der Waals surface area contributed by atoms with Gasteiger partial charge >= 0.3 is 0 Å². The Bertz CT molecular complexity index is 754. The van der Waals surface area contributed by atoms with Gasteiger partial charge in [0, 0.05) is 30.3 Å². The van der Waals surface area contributed by atoms with Crippen molar-refractivity contribution in [3.05, 3.63) is 53.3 Å². The van der Waals surface area contributed by atoms with E-state index in [-0.39, 0.29) is 23.0 Å². The number of allylic oxidation sites excluding steroid dienone is 2. The minimum atomic E-state index is -0.397. The van der Waals surface area contributed by atoms with Gasteiger partial charge in [0.05, 0.1) is 7.11 Å². The number of ketones is 1. The normalized spacial score (nSPS) is 33.2. The van der Waals surface area contributed by atoms with E-state index in [9.17, 15) is 4.79 Å². The van der Waals surface area contributed by atoms with Crippen molar-refractivity contribution in [2.45, 2.75) is 45.1 Å². The summed E-state index contributed by atoms with van der Waals surface area (Å²) in [4.78, 5) is 12.9. The number of ether oxygens (including phenoxy) is 2. The smallest absolute Gasteiger partial charge is 0.163 e. The maximum atomic E-state index is 12.9. The van der Waals surface area contributed by atoms with Crippen molar-refractivity contribution in [2.24, 2.45) is 11.3 Å². The SMILES string of the molecule is COc1ccc([C@@H]2C=C[C@@]3(C)OC4=C(C(=O)CC(C)(C)C4)[C@@H]23)cc1. The summed E-state index contributed by atoms with van der Waals surface area (Å²) in [6, 6.07) is 8.15. The zero-order valence-corrected chi connectivity index (χ0v) is 14.8. The summed E-state index contributed by atoms with van der Waals surface area (Å²) in [5.74, 6) is 2.30. The van der Waals surface area contributed by atoms with E-state index in [1.54, 1.807) is 7.11 Å². The highest BCUT2D eigenvalue weighted by molar-refractivity contribution is 5.99.